The summed E-state index contributed by atoms with van der Waals surface area (Å²) >= 11 is 3.08. The molecule has 1 atom stereocenters. The monoisotopic (exact) mass is 433 g/mol. The normalized spacial score (nSPS) is 12.0. The van der Waals surface area contributed by atoms with Crippen molar-refractivity contribution in [3.63, 3.8) is 0 Å². The minimum absolute atomic E-state index is 0.0313. The van der Waals surface area contributed by atoms with Gasteiger partial charge < -0.3 is 5.32 Å². The van der Waals surface area contributed by atoms with Crippen LogP contribution in [0.3, 0.4) is 0 Å². The molecule has 2 aromatic heterocycles. The average Bonchev–Trinajstić information content (AvgIpc) is 3.22. The number of nitrogens with one attached hydrogen (secondary N) is 1. The van der Waals surface area contributed by atoms with E-state index in [2.05, 4.69) is 51.9 Å². The molecular weight excluding hydrogens is 410 g/mol. The van der Waals surface area contributed by atoms with Gasteiger partial charge in [-0.3, -0.25) is 4.79 Å². The fourth-order valence-electron chi connectivity index (χ4n) is 3.34. The van der Waals surface area contributed by atoms with Crippen LogP contribution in [-0.2, 0) is 11.2 Å². The van der Waals surface area contributed by atoms with Crippen LogP contribution in [0.2, 0.25) is 0 Å². The summed E-state index contributed by atoms with van der Waals surface area (Å²) in [6.45, 7) is 2.06. The molecule has 0 saturated carbocycles. The molecule has 1 amide bonds. The van der Waals surface area contributed by atoms with Gasteiger partial charge in [-0.1, -0.05) is 72.4 Å². The minimum atomic E-state index is 0.0313. The lowest BCUT2D eigenvalue weighted by atomic mass is 10.1. The van der Waals surface area contributed by atoms with Gasteiger partial charge in [0.2, 0.25) is 5.91 Å². The van der Waals surface area contributed by atoms with Crippen molar-refractivity contribution in [2.75, 3.05) is 5.75 Å². The van der Waals surface area contributed by atoms with Crippen molar-refractivity contribution in [2.45, 2.75) is 30.8 Å². The fraction of sp³-hybridized carbons (Fsp3) is 0.208. The van der Waals surface area contributed by atoms with E-state index in [1.54, 1.807) is 17.7 Å². The average molecular weight is 434 g/mol. The van der Waals surface area contributed by atoms with Crippen molar-refractivity contribution in [1.82, 2.24) is 15.3 Å². The highest BCUT2D eigenvalue weighted by Crippen LogP contribution is 2.37. The summed E-state index contributed by atoms with van der Waals surface area (Å²) in [5.41, 5.74) is 3.55. The molecule has 0 saturated heterocycles. The van der Waals surface area contributed by atoms with Crippen LogP contribution >= 0.6 is 23.1 Å². The fourth-order valence-corrected chi connectivity index (χ4v) is 5.14. The molecule has 4 nitrogen and oxygen atoms in total. The number of fused-ring (bicyclic) bond motifs is 1. The molecule has 2 heterocycles. The van der Waals surface area contributed by atoms with Gasteiger partial charge in [0.1, 0.15) is 16.2 Å². The summed E-state index contributed by atoms with van der Waals surface area (Å²) in [5, 5.41) is 7.11. The van der Waals surface area contributed by atoms with Crippen molar-refractivity contribution >= 4 is 39.2 Å². The standard InChI is InChI=1S/C24H23N3OS2/c1-17(12-13-18-8-4-2-5-9-18)27-21(28)15-30-24-22-20(19-10-6-3-7-11-19)14-29-23(22)25-16-26-24/h2-11,14,16-17H,12-13,15H2,1H3,(H,27,28)/t17-/m0/s1. The highest BCUT2D eigenvalue weighted by molar-refractivity contribution is 8.00. The van der Waals surface area contributed by atoms with Gasteiger partial charge in [0.15, 0.2) is 0 Å². The number of hydrogen-bond donors (Lipinski definition) is 1. The molecule has 0 aliphatic heterocycles. The molecule has 6 heteroatoms. The topological polar surface area (TPSA) is 54.9 Å². The van der Waals surface area contributed by atoms with Crippen molar-refractivity contribution in [2.24, 2.45) is 0 Å². The number of thiophene rings is 1. The molecule has 152 valence electrons. The van der Waals surface area contributed by atoms with Gasteiger partial charge in [-0.2, -0.15) is 0 Å². The number of thioether (sulfide) groups is 1. The lowest BCUT2D eigenvalue weighted by molar-refractivity contribution is -0.119. The second-order valence-electron chi connectivity index (χ2n) is 7.16. The van der Waals surface area contributed by atoms with Gasteiger partial charge in [-0.15, -0.1) is 11.3 Å². The molecule has 0 unspecified atom stereocenters. The molecule has 4 aromatic rings. The lowest BCUT2D eigenvalue weighted by Gasteiger charge is -2.14. The van der Waals surface area contributed by atoms with E-state index in [0.29, 0.717) is 5.75 Å². The van der Waals surface area contributed by atoms with Crippen LogP contribution in [0.5, 0.6) is 0 Å². The lowest BCUT2D eigenvalue weighted by Crippen LogP contribution is -2.34. The number of aromatic nitrogens is 2. The summed E-state index contributed by atoms with van der Waals surface area (Å²) in [4.78, 5) is 22.3. The van der Waals surface area contributed by atoms with Crippen LogP contribution in [0.25, 0.3) is 21.3 Å². The first-order valence-electron chi connectivity index (χ1n) is 9.94. The van der Waals surface area contributed by atoms with Crippen LogP contribution in [-0.4, -0.2) is 27.7 Å². The zero-order valence-corrected chi connectivity index (χ0v) is 18.4. The highest BCUT2D eigenvalue weighted by atomic mass is 32.2. The van der Waals surface area contributed by atoms with E-state index in [9.17, 15) is 4.79 Å². The zero-order chi connectivity index (χ0) is 20.8. The zero-order valence-electron chi connectivity index (χ0n) is 16.7. The Bertz CT molecular complexity index is 1110. The molecule has 0 spiro atoms. The molecule has 0 aliphatic carbocycles. The third-order valence-electron chi connectivity index (χ3n) is 4.88. The van der Waals surface area contributed by atoms with Crippen LogP contribution < -0.4 is 5.32 Å². The first-order chi connectivity index (χ1) is 14.7. The number of carbonyl (C=O) groups is 1. The third-order valence-corrected chi connectivity index (χ3v) is 6.75. The van der Waals surface area contributed by atoms with Gasteiger partial charge in [-0.05, 0) is 30.9 Å². The Hall–Kier alpha value is -2.70. The van der Waals surface area contributed by atoms with E-state index in [0.717, 1.165) is 39.2 Å². The Labute approximate surface area is 184 Å². The van der Waals surface area contributed by atoms with E-state index in [1.165, 1.54) is 17.3 Å². The van der Waals surface area contributed by atoms with Gasteiger partial charge in [0.25, 0.3) is 0 Å². The van der Waals surface area contributed by atoms with Crippen LogP contribution in [0.1, 0.15) is 18.9 Å². The summed E-state index contributed by atoms with van der Waals surface area (Å²) < 4.78 is 0. The Morgan fingerprint density at radius 1 is 1.07 bits per heavy atom. The molecule has 2 aromatic carbocycles. The summed E-state index contributed by atoms with van der Waals surface area (Å²) in [6, 6.07) is 20.7. The highest BCUT2D eigenvalue weighted by Gasteiger charge is 2.15. The Morgan fingerprint density at radius 2 is 1.80 bits per heavy atom. The van der Waals surface area contributed by atoms with Crippen LogP contribution in [0.15, 0.2) is 77.4 Å². The Kier molecular flexibility index (Phi) is 6.77. The summed E-state index contributed by atoms with van der Waals surface area (Å²) in [6.07, 6.45) is 3.45. The maximum absolute atomic E-state index is 12.5. The van der Waals surface area contributed by atoms with E-state index in [4.69, 9.17) is 0 Å². The van der Waals surface area contributed by atoms with Crippen molar-refractivity contribution < 1.29 is 4.79 Å². The quantitative estimate of drug-likeness (QED) is 0.291. The third kappa shape index (κ3) is 5.07. The van der Waals surface area contributed by atoms with E-state index < -0.39 is 0 Å². The van der Waals surface area contributed by atoms with E-state index in [-0.39, 0.29) is 11.9 Å². The van der Waals surface area contributed by atoms with E-state index >= 15 is 0 Å². The van der Waals surface area contributed by atoms with Crippen molar-refractivity contribution in [3.8, 4) is 11.1 Å². The van der Waals surface area contributed by atoms with Crippen molar-refractivity contribution in [1.29, 1.82) is 0 Å². The first kappa shape index (κ1) is 20.6. The molecule has 30 heavy (non-hydrogen) atoms. The number of rotatable bonds is 8. The molecule has 0 fully saturated rings. The van der Waals surface area contributed by atoms with Crippen LogP contribution in [0, 0.1) is 0 Å². The SMILES string of the molecule is C[C@@H](CCc1ccccc1)NC(=O)CSc1ncnc2scc(-c3ccccc3)c12. The number of carbonyl (C=O) groups excluding carboxylic acids is 1. The molecule has 1 N–H and O–H groups in total. The van der Waals surface area contributed by atoms with Gasteiger partial charge in [0.05, 0.1) is 11.1 Å². The largest absolute Gasteiger partial charge is 0.353 e. The molecule has 4 rings (SSSR count). The first-order valence-corrected chi connectivity index (χ1v) is 11.8. The number of aryl methyl sites for hydroxylation is 1. The van der Waals surface area contributed by atoms with Crippen molar-refractivity contribution in [3.05, 3.63) is 77.9 Å². The maximum Gasteiger partial charge on any atom is 0.230 e. The number of benzene rings is 2. The van der Waals surface area contributed by atoms with Crippen LogP contribution in [0.4, 0.5) is 0 Å². The van der Waals surface area contributed by atoms with E-state index in [1.807, 2.05) is 36.4 Å². The molecule has 0 aliphatic rings. The minimum Gasteiger partial charge on any atom is -0.353 e. The van der Waals surface area contributed by atoms with Gasteiger partial charge >= 0.3 is 0 Å². The van der Waals surface area contributed by atoms with Gasteiger partial charge in [0, 0.05) is 17.0 Å². The molecule has 0 bridgehead atoms. The Morgan fingerprint density at radius 3 is 2.57 bits per heavy atom. The summed E-state index contributed by atoms with van der Waals surface area (Å²) in [7, 11) is 0. The molecule has 0 radical (unpaired) electrons. The maximum atomic E-state index is 12.5. The predicted octanol–water partition coefficient (Wildman–Crippen LogP) is 5.59. The smallest absolute Gasteiger partial charge is 0.230 e. The van der Waals surface area contributed by atoms with Gasteiger partial charge in [-0.25, -0.2) is 9.97 Å². The number of amides is 1. The second kappa shape index (κ2) is 9.87. The molecular formula is C24H23N3OS2. The number of nitrogens with zero attached hydrogens (tertiary/aromatic N) is 2. The number of hydrogen-bond acceptors (Lipinski definition) is 5. The predicted molar refractivity (Wildman–Crippen MR) is 126 cm³/mol. The second-order valence-corrected chi connectivity index (χ2v) is 8.98. The summed E-state index contributed by atoms with van der Waals surface area (Å²) in [5.74, 6) is 0.370. The Balaban J connectivity index is 1.38.